The molecule has 3 rings (SSSR count). The van der Waals surface area contributed by atoms with E-state index in [1.54, 1.807) is 0 Å². The Morgan fingerprint density at radius 1 is 1.21 bits per heavy atom. The van der Waals surface area contributed by atoms with Gasteiger partial charge in [0.1, 0.15) is 0 Å². The lowest BCUT2D eigenvalue weighted by atomic mass is 9.55. The number of Topliss-reactive ketones (excluding diaryl/α,β-unsaturated/α-hetero) is 2. The minimum Gasteiger partial charge on any atom is -0.298 e. The maximum Gasteiger partial charge on any atom is 0.170 e. The number of carbonyl (C=O) groups excluding carboxylic acids is 2. The third kappa shape index (κ3) is 1.55. The third-order valence-corrected chi connectivity index (χ3v) is 4.57. The molecule has 3 aliphatic carbocycles. The molecule has 3 aliphatic rings. The Hall–Kier alpha value is -1.70. The Balaban J connectivity index is 2.15. The molecule has 3 atom stereocenters. The molecule has 0 heterocycles. The Kier molecular flexibility index (Phi) is 2.70. The molecule has 98 valence electrons. The molecule has 0 aromatic heterocycles. The van der Waals surface area contributed by atoms with Crippen molar-refractivity contribution in [3.05, 3.63) is 47.6 Å². The molecule has 1 fully saturated rings. The van der Waals surface area contributed by atoms with Gasteiger partial charge in [-0.05, 0) is 18.9 Å². The van der Waals surface area contributed by atoms with Gasteiger partial charge in [0, 0.05) is 11.5 Å². The van der Waals surface area contributed by atoms with Crippen molar-refractivity contribution in [3.63, 3.8) is 0 Å². The summed E-state index contributed by atoms with van der Waals surface area (Å²) >= 11 is 0. The maximum atomic E-state index is 12.8. The van der Waals surface area contributed by atoms with Crippen LogP contribution in [-0.2, 0) is 9.59 Å². The molecule has 2 heteroatoms. The number of rotatable bonds is 2. The second kappa shape index (κ2) is 4.16. The molecule has 2 nitrogen and oxygen atoms in total. The fourth-order valence-electron chi connectivity index (χ4n) is 3.61. The minimum atomic E-state index is -0.547. The quantitative estimate of drug-likeness (QED) is 0.709. The zero-order valence-electron chi connectivity index (χ0n) is 11.3. The molecule has 0 N–H and O–H groups in total. The first-order valence-electron chi connectivity index (χ1n) is 6.96. The summed E-state index contributed by atoms with van der Waals surface area (Å²) in [4.78, 5) is 25.3. The van der Waals surface area contributed by atoms with E-state index in [-0.39, 0.29) is 17.5 Å². The van der Waals surface area contributed by atoms with Gasteiger partial charge in [-0.25, -0.2) is 0 Å². The van der Waals surface area contributed by atoms with Crippen molar-refractivity contribution in [3.8, 4) is 0 Å². The van der Waals surface area contributed by atoms with Gasteiger partial charge in [0.05, 0.1) is 11.3 Å². The number of carbonyl (C=O) groups is 2. The van der Waals surface area contributed by atoms with E-state index in [2.05, 4.69) is 0 Å². The first-order chi connectivity index (χ1) is 9.09. The summed E-state index contributed by atoms with van der Waals surface area (Å²) in [6, 6.07) is 0. The normalized spacial score (nSPS) is 35.9. The zero-order chi connectivity index (χ0) is 13.6. The van der Waals surface area contributed by atoms with Gasteiger partial charge >= 0.3 is 0 Å². The van der Waals surface area contributed by atoms with E-state index in [0.717, 1.165) is 17.6 Å². The predicted molar refractivity (Wildman–Crippen MR) is 74.5 cm³/mol. The molecule has 19 heavy (non-hydrogen) atoms. The van der Waals surface area contributed by atoms with Crippen LogP contribution in [0.1, 0.15) is 26.7 Å². The molecule has 0 radical (unpaired) electrons. The van der Waals surface area contributed by atoms with Crippen LogP contribution in [0.2, 0.25) is 0 Å². The van der Waals surface area contributed by atoms with Crippen LogP contribution in [0.4, 0.5) is 0 Å². The van der Waals surface area contributed by atoms with Crippen molar-refractivity contribution in [2.45, 2.75) is 26.7 Å². The van der Waals surface area contributed by atoms with Gasteiger partial charge in [-0.15, -0.1) is 0 Å². The van der Waals surface area contributed by atoms with E-state index in [1.165, 1.54) is 0 Å². The molecule has 3 unspecified atom stereocenters. The van der Waals surface area contributed by atoms with Crippen molar-refractivity contribution in [1.29, 1.82) is 0 Å². The van der Waals surface area contributed by atoms with E-state index < -0.39 is 11.3 Å². The van der Waals surface area contributed by atoms with Gasteiger partial charge in [0.15, 0.2) is 11.6 Å². The van der Waals surface area contributed by atoms with Crippen LogP contribution in [-0.4, -0.2) is 11.6 Å². The van der Waals surface area contributed by atoms with Crippen molar-refractivity contribution in [1.82, 2.24) is 0 Å². The molecule has 1 saturated carbocycles. The average Bonchev–Trinajstić information content (AvgIpc) is 2.42. The molecular formula is C17H18O2. The van der Waals surface area contributed by atoms with Crippen molar-refractivity contribution in [2.24, 2.45) is 17.3 Å². The van der Waals surface area contributed by atoms with Gasteiger partial charge in [0.25, 0.3) is 0 Å². The van der Waals surface area contributed by atoms with Crippen LogP contribution < -0.4 is 0 Å². The average molecular weight is 254 g/mol. The van der Waals surface area contributed by atoms with Gasteiger partial charge in [0.2, 0.25) is 0 Å². The van der Waals surface area contributed by atoms with Crippen molar-refractivity contribution >= 4 is 11.6 Å². The summed E-state index contributed by atoms with van der Waals surface area (Å²) < 4.78 is 0. The molecular weight excluding hydrogens is 236 g/mol. The van der Waals surface area contributed by atoms with E-state index in [9.17, 15) is 9.59 Å². The smallest absolute Gasteiger partial charge is 0.170 e. The van der Waals surface area contributed by atoms with E-state index in [0.29, 0.717) is 6.42 Å². The first-order valence-corrected chi connectivity index (χ1v) is 6.96. The summed E-state index contributed by atoms with van der Waals surface area (Å²) in [5.41, 5.74) is 1.35. The summed E-state index contributed by atoms with van der Waals surface area (Å²) in [5, 5.41) is 0. The Morgan fingerprint density at radius 2 is 2.00 bits per heavy atom. The minimum absolute atomic E-state index is 0.0416. The highest BCUT2D eigenvalue weighted by atomic mass is 16.2. The highest BCUT2D eigenvalue weighted by molar-refractivity contribution is 6.17. The molecule has 0 saturated heterocycles. The molecule has 0 amide bonds. The second-order valence-corrected chi connectivity index (χ2v) is 5.79. The topological polar surface area (TPSA) is 34.1 Å². The summed E-state index contributed by atoms with van der Waals surface area (Å²) in [6.07, 6.45) is 13.3. The highest BCUT2D eigenvalue weighted by Crippen LogP contribution is 2.51. The van der Waals surface area contributed by atoms with Crippen LogP contribution in [0.25, 0.3) is 0 Å². The molecule has 0 aromatic carbocycles. The summed E-state index contributed by atoms with van der Waals surface area (Å²) in [5.74, 6) is -0.387. The second-order valence-electron chi connectivity index (χ2n) is 5.79. The Morgan fingerprint density at radius 3 is 2.74 bits per heavy atom. The lowest BCUT2D eigenvalue weighted by Crippen LogP contribution is -2.50. The van der Waals surface area contributed by atoms with Crippen LogP contribution in [0.5, 0.6) is 0 Å². The van der Waals surface area contributed by atoms with Gasteiger partial charge in [-0.1, -0.05) is 49.8 Å². The third-order valence-electron chi connectivity index (χ3n) is 4.57. The molecule has 0 aliphatic heterocycles. The maximum absolute atomic E-state index is 12.8. The monoisotopic (exact) mass is 254 g/mol. The van der Waals surface area contributed by atoms with Crippen LogP contribution in [0, 0.1) is 17.3 Å². The molecule has 0 aromatic rings. The van der Waals surface area contributed by atoms with Gasteiger partial charge < -0.3 is 0 Å². The van der Waals surface area contributed by atoms with Gasteiger partial charge in [-0.3, -0.25) is 9.59 Å². The molecule has 0 bridgehead atoms. The van der Waals surface area contributed by atoms with E-state index >= 15 is 0 Å². The lowest BCUT2D eigenvalue weighted by Gasteiger charge is -2.45. The zero-order valence-corrected chi connectivity index (χ0v) is 11.3. The van der Waals surface area contributed by atoms with Crippen LogP contribution in [0.3, 0.4) is 0 Å². The molecule has 0 spiro atoms. The summed E-state index contributed by atoms with van der Waals surface area (Å²) in [6.45, 7) is 4.00. The Labute approximate surface area is 113 Å². The van der Waals surface area contributed by atoms with E-state index in [1.807, 2.05) is 50.3 Å². The Bertz CT molecular complexity index is 574. The fraction of sp³-hybridized carbons (Fsp3) is 0.412. The number of hydrogen-bond acceptors (Lipinski definition) is 2. The lowest BCUT2D eigenvalue weighted by molar-refractivity contribution is -0.140. The van der Waals surface area contributed by atoms with Crippen molar-refractivity contribution in [2.75, 3.05) is 0 Å². The van der Waals surface area contributed by atoms with Crippen LogP contribution >= 0.6 is 0 Å². The number of ketones is 2. The van der Waals surface area contributed by atoms with Crippen LogP contribution in [0.15, 0.2) is 47.6 Å². The SMILES string of the molecule is CCCC1C(=O)C2=CC=CC3=CC=CC(C)(C1=O)C32. The van der Waals surface area contributed by atoms with E-state index in [4.69, 9.17) is 0 Å². The number of allylic oxidation sites excluding steroid dienone is 8. The first kappa shape index (κ1) is 12.3. The van der Waals surface area contributed by atoms with Gasteiger partial charge in [-0.2, -0.15) is 0 Å². The highest BCUT2D eigenvalue weighted by Gasteiger charge is 2.53. The summed E-state index contributed by atoms with van der Waals surface area (Å²) in [7, 11) is 0. The van der Waals surface area contributed by atoms with Crippen molar-refractivity contribution < 1.29 is 9.59 Å². The fourth-order valence-corrected chi connectivity index (χ4v) is 3.61. The predicted octanol–water partition coefficient (Wildman–Crippen LogP) is 3.17. The largest absolute Gasteiger partial charge is 0.298 e. The number of hydrogen-bond donors (Lipinski definition) is 0. The standard InChI is InChI=1S/C17H18O2/c1-3-6-13-15(18)12-9-4-7-11-8-5-10-17(2,14(11)12)16(13)19/h4-5,7-10,13-14H,3,6H2,1-2H3.